The summed E-state index contributed by atoms with van der Waals surface area (Å²) in [4.78, 5) is 0. The summed E-state index contributed by atoms with van der Waals surface area (Å²) < 4.78 is 0.965. The van der Waals surface area contributed by atoms with E-state index in [9.17, 15) is 10.2 Å². The zero-order valence-corrected chi connectivity index (χ0v) is 15.3. The molecule has 4 heteroatoms. The third-order valence-electron chi connectivity index (χ3n) is 3.76. The van der Waals surface area contributed by atoms with Gasteiger partial charge < -0.3 is 15.3 Å². The van der Waals surface area contributed by atoms with Gasteiger partial charge in [0, 0.05) is 4.47 Å². The van der Waals surface area contributed by atoms with Gasteiger partial charge in [-0.15, -0.1) is 0 Å². The average Bonchev–Trinajstić information content (AvgIpc) is 2.69. The highest BCUT2D eigenvalue weighted by molar-refractivity contribution is 9.10. The predicted molar refractivity (Wildman–Crippen MR) is 103 cm³/mol. The van der Waals surface area contributed by atoms with Crippen LogP contribution in [0.1, 0.15) is 28.4 Å². The minimum atomic E-state index is -0.676. The van der Waals surface area contributed by atoms with E-state index >= 15 is 0 Å². The lowest BCUT2D eigenvalue weighted by atomic mass is 9.97. The van der Waals surface area contributed by atoms with Crippen LogP contribution in [0.4, 0.5) is 0 Å². The van der Waals surface area contributed by atoms with Crippen LogP contribution < -0.4 is 0 Å². The lowest BCUT2D eigenvalue weighted by Crippen LogP contribution is -2.03. The molecule has 0 bridgehead atoms. The van der Waals surface area contributed by atoms with Gasteiger partial charge in [-0.1, -0.05) is 88.7 Å². The van der Waals surface area contributed by atoms with Crippen molar-refractivity contribution in [2.24, 2.45) is 0 Å². The summed E-state index contributed by atoms with van der Waals surface area (Å²) in [7, 11) is 0. The van der Waals surface area contributed by atoms with Gasteiger partial charge in [-0.25, -0.2) is 0 Å². The zero-order chi connectivity index (χ0) is 18.1. The van der Waals surface area contributed by atoms with Crippen LogP contribution in [0.15, 0.2) is 83.3 Å². The van der Waals surface area contributed by atoms with E-state index < -0.39 is 6.10 Å². The standard InChI is InChI=1S/C14H14O2.C7H7BrO/c15-10-12-8-4-5-9-13(12)14(16)11-6-2-1-3-7-11;8-7-4-2-1-3-6(7)5-9/h1-9,14-16H,10H2;1-4,9H,5H2. The van der Waals surface area contributed by atoms with Crippen LogP contribution in [0.2, 0.25) is 0 Å². The minimum absolute atomic E-state index is 0.0555. The van der Waals surface area contributed by atoms with Crippen molar-refractivity contribution in [3.05, 3.63) is 106 Å². The van der Waals surface area contributed by atoms with Crippen LogP contribution in [0.3, 0.4) is 0 Å². The first kappa shape index (κ1) is 19.3. The Morgan fingerprint density at radius 3 is 1.76 bits per heavy atom. The van der Waals surface area contributed by atoms with Gasteiger partial charge in [0.2, 0.25) is 0 Å². The number of aliphatic hydroxyl groups excluding tert-OH is 3. The Kier molecular flexibility index (Phi) is 7.82. The van der Waals surface area contributed by atoms with Crippen LogP contribution in [-0.2, 0) is 13.2 Å². The second-order valence-electron chi connectivity index (χ2n) is 5.42. The van der Waals surface area contributed by atoms with Crippen LogP contribution in [0.5, 0.6) is 0 Å². The molecule has 130 valence electrons. The van der Waals surface area contributed by atoms with Crippen molar-refractivity contribution in [1.29, 1.82) is 0 Å². The van der Waals surface area contributed by atoms with Gasteiger partial charge in [0.25, 0.3) is 0 Å². The van der Waals surface area contributed by atoms with E-state index in [1.165, 1.54) is 0 Å². The van der Waals surface area contributed by atoms with E-state index in [-0.39, 0.29) is 13.2 Å². The molecule has 3 aromatic rings. The van der Waals surface area contributed by atoms with Gasteiger partial charge >= 0.3 is 0 Å². The van der Waals surface area contributed by atoms with E-state index in [4.69, 9.17) is 5.11 Å². The van der Waals surface area contributed by atoms with Crippen molar-refractivity contribution in [2.45, 2.75) is 19.3 Å². The normalized spacial score (nSPS) is 11.4. The Morgan fingerprint density at radius 2 is 1.20 bits per heavy atom. The molecular weight excluding hydrogens is 380 g/mol. The van der Waals surface area contributed by atoms with Gasteiger partial charge in [0.15, 0.2) is 0 Å². The molecule has 0 aliphatic rings. The topological polar surface area (TPSA) is 60.7 Å². The summed E-state index contributed by atoms with van der Waals surface area (Å²) in [6.45, 7) is 0.0431. The molecule has 0 saturated carbocycles. The van der Waals surface area contributed by atoms with Gasteiger partial charge in [0.1, 0.15) is 6.10 Å². The van der Waals surface area contributed by atoms with E-state index in [0.29, 0.717) is 0 Å². The Bertz CT molecular complexity index is 775. The van der Waals surface area contributed by atoms with Gasteiger partial charge in [0.05, 0.1) is 13.2 Å². The monoisotopic (exact) mass is 400 g/mol. The first-order valence-corrected chi connectivity index (χ1v) is 8.72. The van der Waals surface area contributed by atoms with E-state index in [1.54, 1.807) is 0 Å². The Labute approximate surface area is 156 Å². The lowest BCUT2D eigenvalue weighted by Gasteiger charge is -2.14. The first-order chi connectivity index (χ1) is 12.2. The molecule has 3 nitrogen and oxygen atoms in total. The summed E-state index contributed by atoms with van der Waals surface area (Å²) in [6, 6.07) is 24.4. The largest absolute Gasteiger partial charge is 0.392 e. The highest BCUT2D eigenvalue weighted by Crippen LogP contribution is 2.24. The molecule has 0 spiro atoms. The maximum absolute atomic E-state index is 10.2. The van der Waals surface area contributed by atoms with E-state index in [2.05, 4.69) is 15.9 Å². The quantitative estimate of drug-likeness (QED) is 0.614. The summed E-state index contributed by atoms with van der Waals surface area (Å²) in [5.41, 5.74) is 3.29. The van der Waals surface area contributed by atoms with Crippen LogP contribution in [0.25, 0.3) is 0 Å². The van der Waals surface area contributed by atoms with Gasteiger partial charge in [-0.3, -0.25) is 0 Å². The molecule has 0 aliphatic heterocycles. The van der Waals surface area contributed by atoms with Crippen molar-refractivity contribution >= 4 is 15.9 Å². The Balaban J connectivity index is 0.000000212. The van der Waals surface area contributed by atoms with Crippen molar-refractivity contribution in [2.75, 3.05) is 0 Å². The van der Waals surface area contributed by atoms with Gasteiger partial charge in [-0.05, 0) is 28.3 Å². The molecule has 0 fully saturated rings. The summed E-state index contributed by atoms with van der Waals surface area (Å²) >= 11 is 3.30. The second-order valence-corrected chi connectivity index (χ2v) is 6.27. The molecule has 25 heavy (non-hydrogen) atoms. The van der Waals surface area contributed by atoms with E-state index in [0.717, 1.165) is 26.7 Å². The minimum Gasteiger partial charge on any atom is -0.392 e. The molecule has 0 heterocycles. The molecule has 0 amide bonds. The number of benzene rings is 3. The molecule has 3 N–H and O–H groups in total. The zero-order valence-electron chi connectivity index (χ0n) is 13.7. The molecule has 1 unspecified atom stereocenters. The second kappa shape index (κ2) is 10.1. The number of hydrogen-bond acceptors (Lipinski definition) is 3. The summed E-state index contributed by atoms with van der Waals surface area (Å²) in [5.74, 6) is 0. The molecule has 3 rings (SSSR count). The van der Waals surface area contributed by atoms with Crippen molar-refractivity contribution in [3.8, 4) is 0 Å². The highest BCUT2D eigenvalue weighted by atomic mass is 79.9. The summed E-state index contributed by atoms with van der Waals surface area (Å²) in [6.07, 6.45) is -0.676. The van der Waals surface area contributed by atoms with Crippen LogP contribution in [-0.4, -0.2) is 15.3 Å². The molecule has 1 atom stereocenters. The molecular formula is C21H21BrO3. The third-order valence-corrected chi connectivity index (χ3v) is 4.54. The number of aliphatic hydroxyl groups is 3. The fraction of sp³-hybridized carbons (Fsp3) is 0.143. The average molecular weight is 401 g/mol. The highest BCUT2D eigenvalue weighted by Gasteiger charge is 2.12. The number of rotatable bonds is 4. The molecule has 3 aromatic carbocycles. The number of halogens is 1. The first-order valence-electron chi connectivity index (χ1n) is 7.93. The molecule has 0 aliphatic carbocycles. The van der Waals surface area contributed by atoms with Crippen molar-refractivity contribution in [3.63, 3.8) is 0 Å². The maximum atomic E-state index is 10.2. The fourth-order valence-corrected chi connectivity index (χ4v) is 2.80. The number of hydrogen-bond donors (Lipinski definition) is 3. The molecule has 0 radical (unpaired) electrons. The van der Waals surface area contributed by atoms with E-state index in [1.807, 2.05) is 78.9 Å². The lowest BCUT2D eigenvalue weighted by molar-refractivity contribution is 0.213. The van der Waals surface area contributed by atoms with Crippen molar-refractivity contribution < 1.29 is 15.3 Å². The fourth-order valence-electron chi connectivity index (χ4n) is 2.39. The smallest absolute Gasteiger partial charge is 0.104 e. The van der Waals surface area contributed by atoms with Crippen LogP contribution >= 0.6 is 15.9 Å². The van der Waals surface area contributed by atoms with Crippen molar-refractivity contribution in [1.82, 2.24) is 0 Å². The summed E-state index contributed by atoms with van der Waals surface area (Å²) in [5, 5.41) is 28.1. The molecule has 0 aromatic heterocycles. The SMILES string of the molecule is OCc1ccccc1Br.OCc1ccccc1C(O)c1ccccc1. The Morgan fingerprint density at radius 1 is 0.680 bits per heavy atom. The Hall–Kier alpha value is -1.98. The third kappa shape index (κ3) is 5.51. The van der Waals surface area contributed by atoms with Crippen LogP contribution in [0, 0.1) is 0 Å². The maximum Gasteiger partial charge on any atom is 0.104 e. The van der Waals surface area contributed by atoms with Gasteiger partial charge in [-0.2, -0.15) is 0 Å². The predicted octanol–water partition coefficient (Wildman–Crippen LogP) is 4.20. The molecule has 0 saturated heterocycles.